The Kier molecular flexibility index (Phi) is 4.23. The minimum Gasteiger partial charge on any atom is -0.381 e. The van der Waals surface area contributed by atoms with Crippen LogP contribution in [0.1, 0.15) is 18.4 Å². The van der Waals surface area contributed by atoms with E-state index in [1.54, 1.807) is 0 Å². The molecule has 2 rings (SSSR count). The first-order valence-corrected chi connectivity index (χ1v) is 6.93. The van der Waals surface area contributed by atoms with Gasteiger partial charge in [-0.1, -0.05) is 6.07 Å². The first kappa shape index (κ1) is 14.0. The van der Waals surface area contributed by atoms with Crippen molar-refractivity contribution >= 4 is 27.5 Å². The minimum atomic E-state index is -0.970. The number of hydrogen-bond donors (Lipinski definition) is 1. The summed E-state index contributed by atoms with van der Waals surface area (Å²) in [5, 5.41) is 12.2. The van der Waals surface area contributed by atoms with Crippen LogP contribution in [0.4, 0.5) is 5.69 Å². The van der Waals surface area contributed by atoms with Crippen molar-refractivity contribution in [1.82, 2.24) is 0 Å². The molecule has 19 heavy (non-hydrogen) atoms. The van der Waals surface area contributed by atoms with E-state index in [1.165, 1.54) is 0 Å². The highest BCUT2D eigenvalue weighted by atomic mass is 79.9. The Balaban J connectivity index is 2.18. The van der Waals surface area contributed by atoms with Crippen molar-refractivity contribution in [3.8, 4) is 6.07 Å². The normalized spacial score (nSPS) is 17.5. The van der Waals surface area contributed by atoms with Crippen molar-refractivity contribution in [2.24, 2.45) is 5.41 Å². The summed E-state index contributed by atoms with van der Waals surface area (Å²) in [5.41, 5.74) is 0.824. The molecule has 0 saturated carbocycles. The summed E-state index contributed by atoms with van der Waals surface area (Å²) in [6.07, 6.45) is 0.887. The van der Waals surface area contributed by atoms with E-state index < -0.39 is 5.41 Å². The van der Waals surface area contributed by atoms with E-state index in [0.29, 0.717) is 31.7 Å². The van der Waals surface area contributed by atoms with E-state index in [4.69, 9.17) is 4.74 Å². The lowest BCUT2D eigenvalue weighted by Gasteiger charge is -2.29. The van der Waals surface area contributed by atoms with E-state index in [1.807, 2.05) is 25.1 Å². The number of hydrogen-bond acceptors (Lipinski definition) is 3. The number of nitriles is 1. The number of benzene rings is 1. The van der Waals surface area contributed by atoms with Crippen molar-refractivity contribution in [3.63, 3.8) is 0 Å². The van der Waals surface area contributed by atoms with Gasteiger partial charge in [0.25, 0.3) is 0 Å². The van der Waals surface area contributed by atoms with Crippen molar-refractivity contribution < 1.29 is 9.53 Å². The van der Waals surface area contributed by atoms with Crippen molar-refractivity contribution in [3.05, 3.63) is 28.2 Å². The predicted molar refractivity (Wildman–Crippen MR) is 75.6 cm³/mol. The summed E-state index contributed by atoms with van der Waals surface area (Å²) >= 11 is 3.42. The highest BCUT2D eigenvalue weighted by Crippen LogP contribution is 2.32. The Morgan fingerprint density at radius 3 is 2.74 bits per heavy atom. The molecule has 0 bridgehead atoms. The van der Waals surface area contributed by atoms with Crippen LogP contribution in [0.5, 0.6) is 0 Å². The highest BCUT2D eigenvalue weighted by molar-refractivity contribution is 9.10. The lowest BCUT2D eigenvalue weighted by Crippen LogP contribution is -2.40. The molecule has 1 fully saturated rings. The number of carbonyl (C=O) groups excluding carboxylic acids is 1. The maximum absolute atomic E-state index is 12.3. The Hall–Kier alpha value is -1.38. The van der Waals surface area contributed by atoms with Gasteiger partial charge in [0.05, 0.1) is 11.8 Å². The molecule has 4 nitrogen and oxygen atoms in total. The molecule has 1 saturated heterocycles. The van der Waals surface area contributed by atoms with E-state index in [-0.39, 0.29) is 5.91 Å². The number of nitrogens with zero attached hydrogens (tertiary/aromatic N) is 1. The zero-order valence-electron chi connectivity index (χ0n) is 10.7. The maximum atomic E-state index is 12.3. The van der Waals surface area contributed by atoms with Crippen LogP contribution < -0.4 is 5.32 Å². The van der Waals surface area contributed by atoms with Crippen LogP contribution >= 0.6 is 15.9 Å². The number of rotatable bonds is 2. The molecule has 1 N–H and O–H groups in total. The smallest absolute Gasteiger partial charge is 0.245 e. The van der Waals surface area contributed by atoms with Gasteiger partial charge in [-0.05, 0) is 53.4 Å². The lowest BCUT2D eigenvalue weighted by molar-refractivity contribution is -0.126. The molecule has 1 aromatic carbocycles. The van der Waals surface area contributed by atoms with Gasteiger partial charge in [0, 0.05) is 17.7 Å². The summed E-state index contributed by atoms with van der Waals surface area (Å²) in [4.78, 5) is 12.3. The minimum absolute atomic E-state index is 0.247. The van der Waals surface area contributed by atoms with Crippen LogP contribution in [0.15, 0.2) is 22.7 Å². The number of ether oxygens (including phenoxy) is 1. The summed E-state index contributed by atoms with van der Waals surface area (Å²) < 4.78 is 6.05. The summed E-state index contributed by atoms with van der Waals surface area (Å²) in [7, 11) is 0. The molecular weight excluding hydrogens is 308 g/mol. The lowest BCUT2D eigenvalue weighted by atomic mass is 9.81. The molecule has 1 aromatic rings. The number of aryl methyl sites for hydroxylation is 1. The largest absolute Gasteiger partial charge is 0.381 e. The molecule has 1 amide bonds. The zero-order valence-corrected chi connectivity index (χ0v) is 12.3. The van der Waals surface area contributed by atoms with Crippen molar-refractivity contribution in [1.29, 1.82) is 5.26 Å². The Morgan fingerprint density at radius 2 is 2.16 bits per heavy atom. The maximum Gasteiger partial charge on any atom is 0.245 e. The monoisotopic (exact) mass is 322 g/mol. The molecule has 1 aliphatic heterocycles. The van der Waals surface area contributed by atoms with Crippen molar-refractivity contribution in [2.45, 2.75) is 19.8 Å². The van der Waals surface area contributed by atoms with E-state index in [0.717, 1.165) is 10.0 Å². The molecule has 0 radical (unpaired) electrons. The van der Waals surface area contributed by atoms with Crippen LogP contribution in [0.25, 0.3) is 0 Å². The first-order chi connectivity index (χ1) is 9.07. The fourth-order valence-corrected chi connectivity index (χ4v) is 2.67. The third-order valence-electron chi connectivity index (χ3n) is 3.37. The van der Waals surface area contributed by atoms with Crippen molar-refractivity contribution in [2.75, 3.05) is 18.5 Å². The first-order valence-electron chi connectivity index (χ1n) is 6.14. The molecule has 1 aliphatic rings. The fraction of sp³-hybridized carbons (Fsp3) is 0.429. The molecule has 1 heterocycles. The van der Waals surface area contributed by atoms with Gasteiger partial charge in [-0.2, -0.15) is 5.26 Å². The molecule has 0 spiro atoms. The predicted octanol–water partition coefficient (Wildman–Crippen LogP) is 3.02. The molecule has 0 unspecified atom stereocenters. The van der Waals surface area contributed by atoms with Gasteiger partial charge < -0.3 is 10.1 Å². The Morgan fingerprint density at radius 1 is 1.47 bits per heavy atom. The average molecular weight is 323 g/mol. The molecule has 0 atom stereocenters. The van der Waals surface area contributed by atoms with Crippen LogP contribution in [0, 0.1) is 23.7 Å². The van der Waals surface area contributed by atoms with Gasteiger partial charge >= 0.3 is 0 Å². The second kappa shape index (κ2) is 5.72. The van der Waals surface area contributed by atoms with E-state index in [9.17, 15) is 10.1 Å². The quantitative estimate of drug-likeness (QED) is 0.910. The van der Waals surface area contributed by atoms with Gasteiger partial charge in [-0.3, -0.25) is 4.79 Å². The van der Waals surface area contributed by atoms with Gasteiger partial charge in [-0.25, -0.2) is 0 Å². The number of halogens is 1. The summed E-state index contributed by atoms with van der Waals surface area (Å²) in [5.74, 6) is -0.247. The van der Waals surface area contributed by atoms with E-state index >= 15 is 0 Å². The fourth-order valence-electron chi connectivity index (χ4n) is 2.07. The van der Waals surface area contributed by atoms with Gasteiger partial charge in [-0.15, -0.1) is 0 Å². The molecule has 0 aromatic heterocycles. The van der Waals surface area contributed by atoms with Crippen LogP contribution in [0.3, 0.4) is 0 Å². The number of anilines is 1. The number of nitrogens with one attached hydrogen (secondary N) is 1. The van der Waals surface area contributed by atoms with Gasteiger partial charge in [0.1, 0.15) is 5.41 Å². The topological polar surface area (TPSA) is 62.1 Å². The third kappa shape index (κ3) is 2.96. The molecule has 5 heteroatoms. The Bertz CT molecular complexity index is 531. The third-order valence-corrected chi connectivity index (χ3v) is 4.02. The summed E-state index contributed by atoms with van der Waals surface area (Å²) in [6, 6.07) is 7.85. The second-order valence-electron chi connectivity index (χ2n) is 4.74. The van der Waals surface area contributed by atoms with Gasteiger partial charge in [0.15, 0.2) is 0 Å². The number of carbonyl (C=O) groups is 1. The summed E-state index contributed by atoms with van der Waals surface area (Å²) in [6.45, 7) is 2.89. The Labute approximate surface area is 120 Å². The highest BCUT2D eigenvalue weighted by Gasteiger charge is 2.40. The average Bonchev–Trinajstić information content (AvgIpc) is 2.42. The molecular formula is C14H15BrN2O2. The molecule has 100 valence electrons. The van der Waals surface area contributed by atoms with Crippen LogP contribution in [0.2, 0.25) is 0 Å². The number of amides is 1. The van der Waals surface area contributed by atoms with Crippen LogP contribution in [-0.2, 0) is 9.53 Å². The second-order valence-corrected chi connectivity index (χ2v) is 5.60. The SMILES string of the molecule is Cc1ccc(NC(=O)C2(C#N)CCOCC2)c(Br)c1. The van der Waals surface area contributed by atoms with Crippen LogP contribution in [-0.4, -0.2) is 19.1 Å². The van der Waals surface area contributed by atoms with Gasteiger partial charge in [0.2, 0.25) is 5.91 Å². The van der Waals surface area contributed by atoms with E-state index in [2.05, 4.69) is 27.3 Å². The standard InChI is InChI=1S/C14H15BrN2O2/c1-10-2-3-12(11(15)8-10)17-13(18)14(9-16)4-6-19-7-5-14/h2-3,8H,4-7H2,1H3,(H,17,18). The molecule has 0 aliphatic carbocycles. The zero-order chi connectivity index (χ0) is 13.9.